The molecule has 0 radical (unpaired) electrons. The van der Waals surface area contributed by atoms with Crippen LogP contribution in [0.2, 0.25) is 0 Å². The number of carbonyl (C=O) groups is 2. The van der Waals surface area contributed by atoms with E-state index in [4.69, 9.17) is 40.6 Å². The molecule has 0 spiro atoms. The van der Waals surface area contributed by atoms with E-state index in [1.807, 2.05) is 60.7 Å². The number of furan rings is 1. The van der Waals surface area contributed by atoms with Crippen molar-refractivity contribution in [1.29, 1.82) is 0 Å². The van der Waals surface area contributed by atoms with Gasteiger partial charge in [0.05, 0.1) is 18.2 Å². The molecule has 0 amide bonds. The number of rotatable bonds is 5. The molecule has 0 saturated heterocycles. The molecule has 3 aromatic rings. The fourth-order valence-electron chi connectivity index (χ4n) is 2.02. The van der Waals surface area contributed by atoms with Crippen molar-refractivity contribution in [2.24, 2.45) is 16.3 Å². The number of halogens is 1. The third-order valence-electron chi connectivity index (χ3n) is 3.80. The van der Waals surface area contributed by atoms with Gasteiger partial charge in [0.1, 0.15) is 5.76 Å². The summed E-state index contributed by atoms with van der Waals surface area (Å²) in [5, 5.41) is 4.17. The predicted molar refractivity (Wildman–Crippen MR) is 156 cm³/mol. The molecule has 0 aliphatic heterocycles. The molecule has 1 unspecified atom stereocenters. The van der Waals surface area contributed by atoms with Crippen molar-refractivity contribution in [3.63, 3.8) is 0 Å². The molecule has 0 aliphatic rings. The number of nitrogens with two attached hydrogens (primary N) is 2. The summed E-state index contributed by atoms with van der Waals surface area (Å²) in [5.74, 6) is 0.522. The van der Waals surface area contributed by atoms with Gasteiger partial charge >= 0.3 is 5.97 Å². The highest BCUT2D eigenvalue weighted by atomic mass is 35.5. The van der Waals surface area contributed by atoms with Gasteiger partial charge in [-0.15, -0.1) is 25.0 Å². The van der Waals surface area contributed by atoms with E-state index in [0.717, 1.165) is 11.3 Å². The summed E-state index contributed by atoms with van der Waals surface area (Å²) in [5.41, 5.74) is 6.11. The Morgan fingerprint density at radius 2 is 1.45 bits per heavy atom. The number of thiocarbonyl (C=S) groups is 1. The van der Waals surface area contributed by atoms with Crippen LogP contribution < -0.4 is 10.9 Å². The molecule has 0 aliphatic carbocycles. The summed E-state index contributed by atoms with van der Waals surface area (Å²) >= 11 is 6.34. The number of ether oxygens (including phenoxy) is 2. The Bertz CT molecular complexity index is 1080. The summed E-state index contributed by atoms with van der Waals surface area (Å²) in [4.78, 5) is 21.9. The fourth-order valence-corrected chi connectivity index (χ4v) is 2.35. The topological polar surface area (TPSA) is 158 Å². The van der Waals surface area contributed by atoms with Gasteiger partial charge in [0, 0.05) is 22.4 Å². The van der Waals surface area contributed by atoms with Crippen LogP contribution >= 0.6 is 37.3 Å². The Labute approximate surface area is 242 Å². The maximum absolute atomic E-state index is 11.4. The van der Waals surface area contributed by atoms with Crippen LogP contribution in [0.5, 0.6) is 0 Å². The van der Waals surface area contributed by atoms with Crippen LogP contribution in [0.4, 0.5) is 0 Å². The fraction of sp³-hybridized carbons (Fsp3) is 0.240. The molecule has 210 valence electrons. The molecule has 13 heteroatoms. The van der Waals surface area contributed by atoms with E-state index in [-0.39, 0.29) is 30.3 Å². The van der Waals surface area contributed by atoms with E-state index in [0.29, 0.717) is 17.2 Å². The van der Waals surface area contributed by atoms with Crippen molar-refractivity contribution in [3.05, 3.63) is 95.9 Å². The molecular weight excluding hydrogens is 572 g/mol. The van der Waals surface area contributed by atoms with E-state index in [2.05, 4.69) is 17.8 Å². The van der Waals surface area contributed by atoms with Crippen molar-refractivity contribution >= 4 is 64.7 Å². The van der Waals surface area contributed by atoms with Crippen LogP contribution in [-0.2, 0) is 32.1 Å². The molecule has 2 aromatic carbocycles. The Kier molecular flexibility index (Phi) is 21.1. The lowest BCUT2D eigenvalue weighted by atomic mass is 9.98. The van der Waals surface area contributed by atoms with Gasteiger partial charge in [-0.05, 0) is 45.1 Å². The quantitative estimate of drug-likeness (QED) is 0.125. The highest BCUT2D eigenvalue weighted by Gasteiger charge is 2.23. The minimum Gasteiger partial charge on any atom is -0.760 e. The standard InChI is InChI=1S/C13H16O3S.C7H6OS.C5H7NO.ClH.H3NO2S/c1-13(2,3)12(14)16-9-15-11(17)10-7-5-4-6-8-10;8-7(9)6-4-2-1-3-5-6;6-4-5-2-1-3-7-5;;1-4(2)3/h4-8H,9H2,1-3H3;1-5H,(H,8,9);1-3H,4,6H2;1H;1H2,(H,2,3)/p-1. The van der Waals surface area contributed by atoms with Gasteiger partial charge in [-0.3, -0.25) is 18.9 Å². The monoisotopic (exact) mass is 603 g/mol. The van der Waals surface area contributed by atoms with Crippen molar-refractivity contribution in [2.45, 2.75) is 27.3 Å². The molecular formula is C25H32ClN2O7S3-. The van der Waals surface area contributed by atoms with Crippen LogP contribution in [0, 0.1) is 5.41 Å². The number of hydrogen-bond acceptors (Lipinski definition) is 9. The predicted octanol–water partition coefficient (Wildman–Crippen LogP) is 4.58. The Hall–Kier alpha value is -2.58. The average Bonchev–Trinajstić information content (AvgIpc) is 3.39. The van der Waals surface area contributed by atoms with E-state index in [1.54, 1.807) is 39.2 Å². The van der Waals surface area contributed by atoms with E-state index in [1.165, 1.54) is 0 Å². The Morgan fingerprint density at radius 1 is 0.974 bits per heavy atom. The third kappa shape index (κ3) is 19.5. The van der Waals surface area contributed by atoms with Crippen LogP contribution in [0.1, 0.15) is 42.5 Å². The number of thiol groups is 1. The summed E-state index contributed by atoms with van der Waals surface area (Å²) < 4.78 is 32.5. The molecule has 38 heavy (non-hydrogen) atoms. The zero-order chi connectivity index (χ0) is 28.3. The lowest BCUT2D eigenvalue weighted by molar-refractivity contribution is -0.160. The van der Waals surface area contributed by atoms with Gasteiger partial charge in [0.15, 0.2) is 5.05 Å². The molecule has 1 atom stereocenters. The molecule has 0 saturated carbocycles. The molecule has 0 fully saturated rings. The number of benzene rings is 2. The molecule has 1 heterocycles. The van der Waals surface area contributed by atoms with E-state index < -0.39 is 16.7 Å². The first kappa shape index (κ1) is 37.6. The van der Waals surface area contributed by atoms with Gasteiger partial charge in [0.25, 0.3) is 0 Å². The zero-order valence-corrected chi connectivity index (χ0v) is 24.4. The van der Waals surface area contributed by atoms with Crippen molar-refractivity contribution < 1.29 is 32.2 Å². The zero-order valence-electron chi connectivity index (χ0n) is 21.1. The van der Waals surface area contributed by atoms with E-state index >= 15 is 0 Å². The van der Waals surface area contributed by atoms with E-state index in [9.17, 15) is 9.59 Å². The molecule has 1 aromatic heterocycles. The Balaban J connectivity index is 0. The minimum atomic E-state index is -2.36. The first-order chi connectivity index (χ1) is 17.4. The summed E-state index contributed by atoms with van der Waals surface area (Å²) in [7, 11) is 0. The first-order valence-electron chi connectivity index (χ1n) is 10.6. The SMILES string of the molecule is CC(C)(C)C(=O)OCOC(=S)c1ccccc1.Cl.NCc1ccco1.NS(=O)[O-].O=C(S)c1ccccc1. The minimum absolute atomic E-state index is 0. The second kappa shape index (κ2) is 21.4. The lowest BCUT2D eigenvalue weighted by Crippen LogP contribution is -2.24. The van der Waals surface area contributed by atoms with Gasteiger partial charge in [-0.2, -0.15) is 0 Å². The van der Waals surface area contributed by atoms with Crippen LogP contribution in [-0.4, -0.2) is 31.7 Å². The summed E-state index contributed by atoms with van der Waals surface area (Å²) in [6.07, 6.45) is 1.61. The lowest BCUT2D eigenvalue weighted by Gasteiger charge is -2.16. The average molecular weight is 604 g/mol. The number of hydrogen-bond donors (Lipinski definition) is 3. The van der Waals surface area contributed by atoms with Gasteiger partial charge in [-0.25, -0.2) is 0 Å². The van der Waals surface area contributed by atoms with Crippen LogP contribution in [0.25, 0.3) is 0 Å². The van der Waals surface area contributed by atoms with Crippen molar-refractivity contribution in [3.8, 4) is 0 Å². The maximum atomic E-state index is 11.4. The number of esters is 1. The molecule has 3 rings (SSSR count). The first-order valence-corrected chi connectivity index (χ1v) is 12.6. The molecule has 0 bridgehead atoms. The molecule has 9 nitrogen and oxygen atoms in total. The van der Waals surface area contributed by atoms with Crippen LogP contribution in [0.15, 0.2) is 83.5 Å². The second-order valence-corrected chi connectivity index (χ2v) is 9.11. The third-order valence-corrected chi connectivity index (χ3v) is 4.42. The highest BCUT2D eigenvalue weighted by molar-refractivity contribution is 7.97. The smallest absolute Gasteiger partial charge is 0.314 e. The van der Waals surface area contributed by atoms with Gasteiger partial charge in [-0.1, -0.05) is 60.7 Å². The van der Waals surface area contributed by atoms with Gasteiger partial charge < -0.3 is 24.2 Å². The second-order valence-electron chi connectivity index (χ2n) is 7.81. The Morgan fingerprint density at radius 3 is 1.76 bits per heavy atom. The normalized spacial score (nSPS) is 10.3. The number of carbonyl (C=O) groups excluding carboxylic acids is 2. The van der Waals surface area contributed by atoms with Gasteiger partial charge in [0.2, 0.25) is 11.9 Å². The summed E-state index contributed by atoms with van der Waals surface area (Å²) in [6, 6.07) is 21.9. The molecule has 4 N–H and O–H groups in total. The van der Waals surface area contributed by atoms with Crippen molar-refractivity contribution in [1.82, 2.24) is 0 Å². The maximum Gasteiger partial charge on any atom is 0.314 e. The van der Waals surface area contributed by atoms with Crippen LogP contribution in [0.3, 0.4) is 0 Å². The summed E-state index contributed by atoms with van der Waals surface area (Å²) in [6.45, 7) is 5.69. The highest BCUT2D eigenvalue weighted by Crippen LogP contribution is 2.15. The largest absolute Gasteiger partial charge is 0.760 e. The van der Waals surface area contributed by atoms with Crippen molar-refractivity contribution in [2.75, 3.05) is 6.79 Å².